The first-order valence-corrected chi connectivity index (χ1v) is 14.8. The molecule has 13 heteroatoms. The minimum absolute atomic E-state index is 0.00877. The van der Waals surface area contributed by atoms with Crippen molar-refractivity contribution >= 4 is 32.8 Å². The van der Waals surface area contributed by atoms with E-state index in [4.69, 9.17) is 4.74 Å². The molecule has 2 aliphatic rings. The number of aromatic nitrogens is 4. The molecule has 0 bridgehead atoms. The first-order valence-electron chi connectivity index (χ1n) is 13.3. The Morgan fingerprint density at radius 2 is 1.85 bits per heavy atom. The van der Waals surface area contributed by atoms with Crippen LogP contribution in [0.25, 0.3) is 22.4 Å². The number of rotatable bonds is 6. The Hall–Kier alpha value is -3.97. The molecule has 1 saturated carbocycles. The second-order valence-corrected chi connectivity index (χ2v) is 12.3. The summed E-state index contributed by atoms with van der Waals surface area (Å²) in [6.45, 7) is 1.84. The van der Waals surface area contributed by atoms with Crippen LogP contribution >= 0.6 is 0 Å². The summed E-state index contributed by atoms with van der Waals surface area (Å²) in [6.07, 6.45) is 7.56. The maximum Gasteiger partial charge on any atom is 0.324 e. The predicted molar refractivity (Wildman–Crippen MR) is 146 cm³/mol. The van der Waals surface area contributed by atoms with E-state index in [-0.39, 0.29) is 45.1 Å². The van der Waals surface area contributed by atoms with E-state index >= 15 is 4.39 Å². The van der Waals surface area contributed by atoms with Gasteiger partial charge in [-0.1, -0.05) is 30.5 Å². The Morgan fingerprint density at radius 1 is 1.10 bits per heavy atom. The molecular weight excluding hydrogens is 554 g/mol. The third-order valence-corrected chi connectivity index (χ3v) is 9.60. The number of aryl methyl sites for hydroxylation is 1. The smallest absolute Gasteiger partial charge is 0.324 e. The van der Waals surface area contributed by atoms with Gasteiger partial charge in [0.25, 0.3) is 10.0 Å². The number of fused-ring (bicyclic) bond motifs is 2. The minimum atomic E-state index is -4.13. The first-order chi connectivity index (χ1) is 19.7. The molecular formula is C28H28F2N6O4S. The Morgan fingerprint density at radius 3 is 2.61 bits per heavy atom. The van der Waals surface area contributed by atoms with E-state index in [2.05, 4.69) is 20.4 Å². The predicted octanol–water partition coefficient (Wildman–Crippen LogP) is 4.45. The highest BCUT2D eigenvalue weighted by atomic mass is 32.2. The highest BCUT2D eigenvalue weighted by Gasteiger charge is 2.46. The average Bonchev–Trinajstić information content (AvgIpc) is 3.53. The van der Waals surface area contributed by atoms with Crippen LogP contribution in [0.2, 0.25) is 0 Å². The SMILES string of the molecule is COC(=O)[C@@H]1C[C@@H]2CCCC[C@@H]2N1Nc1nc(-c2cn(S(=O)(=O)c3ccc(C)cc3)c3ncc(F)cc23)ncc1F. The lowest BCUT2D eigenvalue weighted by Gasteiger charge is -2.33. The van der Waals surface area contributed by atoms with Crippen molar-refractivity contribution in [2.75, 3.05) is 12.5 Å². The molecule has 0 spiro atoms. The molecule has 0 radical (unpaired) electrons. The van der Waals surface area contributed by atoms with Crippen molar-refractivity contribution < 1.29 is 26.7 Å². The Balaban J connectivity index is 1.43. The van der Waals surface area contributed by atoms with Crippen LogP contribution in [-0.2, 0) is 19.6 Å². The van der Waals surface area contributed by atoms with Gasteiger partial charge in [-0.2, -0.15) is 0 Å². The Bertz CT molecular complexity index is 1740. The maximum atomic E-state index is 15.1. The van der Waals surface area contributed by atoms with Gasteiger partial charge in [-0.05, 0) is 50.3 Å². The summed E-state index contributed by atoms with van der Waals surface area (Å²) in [6, 6.07) is 6.80. The van der Waals surface area contributed by atoms with Crippen LogP contribution in [0.1, 0.15) is 37.7 Å². The molecule has 1 N–H and O–H groups in total. The van der Waals surface area contributed by atoms with Crippen molar-refractivity contribution in [3.63, 3.8) is 0 Å². The summed E-state index contributed by atoms with van der Waals surface area (Å²) in [5, 5.41) is 1.86. The molecule has 3 aromatic heterocycles. The fourth-order valence-corrected chi connectivity index (χ4v) is 7.23. The molecule has 1 aliphatic heterocycles. The van der Waals surface area contributed by atoms with Crippen molar-refractivity contribution in [2.45, 2.75) is 56.0 Å². The van der Waals surface area contributed by atoms with Gasteiger partial charge in [0.15, 0.2) is 23.1 Å². The number of benzene rings is 1. The fraction of sp³-hybridized carbons (Fsp3) is 0.357. The largest absolute Gasteiger partial charge is 0.468 e. The molecule has 1 saturated heterocycles. The highest BCUT2D eigenvalue weighted by molar-refractivity contribution is 7.90. The number of methoxy groups -OCH3 is 1. The lowest BCUT2D eigenvalue weighted by molar-refractivity contribution is -0.145. The van der Waals surface area contributed by atoms with E-state index in [9.17, 15) is 17.6 Å². The number of halogens is 2. The normalized spacial score (nSPS) is 21.1. The zero-order valence-corrected chi connectivity index (χ0v) is 23.2. The molecule has 2 fully saturated rings. The number of hydrogen-bond donors (Lipinski definition) is 1. The Labute approximate surface area is 235 Å². The van der Waals surface area contributed by atoms with E-state index < -0.39 is 33.7 Å². The lowest BCUT2D eigenvalue weighted by atomic mass is 9.85. The third kappa shape index (κ3) is 4.82. The average molecular weight is 583 g/mol. The van der Waals surface area contributed by atoms with Crippen LogP contribution in [0, 0.1) is 24.5 Å². The van der Waals surface area contributed by atoms with Crippen molar-refractivity contribution in [1.29, 1.82) is 0 Å². The standard InChI is InChI=1S/C28H28F2N6O4S/c1-16-7-9-19(10-8-16)41(38,39)35-15-21(20-12-18(29)13-32-27(20)35)25-31-14-22(30)26(33-25)34-36-23-6-4-3-5-17(23)11-24(36)28(37)40-2/h7-10,12-15,17,23-24H,3-6,11H2,1-2H3,(H,31,33,34)/t17-,23-,24-/m0/s1. The van der Waals surface area contributed by atoms with Gasteiger partial charge in [0.1, 0.15) is 11.9 Å². The van der Waals surface area contributed by atoms with Crippen LogP contribution in [-0.4, -0.2) is 57.5 Å². The van der Waals surface area contributed by atoms with Crippen LogP contribution in [0.15, 0.2) is 53.8 Å². The van der Waals surface area contributed by atoms with Crippen molar-refractivity contribution in [1.82, 2.24) is 23.9 Å². The minimum Gasteiger partial charge on any atom is -0.468 e. The van der Waals surface area contributed by atoms with Gasteiger partial charge in [-0.3, -0.25) is 10.2 Å². The van der Waals surface area contributed by atoms with Gasteiger partial charge >= 0.3 is 5.97 Å². The zero-order valence-electron chi connectivity index (χ0n) is 22.4. The monoisotopic (exact) mass is 582 g/mol. The molecule has 4 heterocycles. The van der Waals surface area contributed by atoms with Crippen LogP contribution in [0.4, 0.5) is 14.6 Å². The maximum absolute atomic E-state index is 15.1. The molecule has 6 rings (SSSR count). The molecule has 3 atom stereocenters. The van der Waals surface area contributed by atoms with Crippen molar-refractivity contribution in [3.05, 3.63) is 66.1 Å². The van der Waals surface area contributed by atoms with Gasteiger partial charge in [0.05, 0.1) is 24.4 Å². The first kappa shape index (κ1) is 27.2. The molecule has 0 amide bonds. The fourth-order valence-electron chi connectivity index (χ4n) is 5.90. The number of ether oxygens (including phenoxy) is 1. The highest BCUT2D eigenvalue weighted by Crippen LogP contribution is 2.40. The number of nitrogens with one attached hydrogen (secondary N) is 1. The number of carbonyl (C=O) groups is 1. The van der Waals surface area contributed by atoms with Crippen molar-refractivity contribution in [2.24, 2.45) is 5.92 Å². The lowest BCUT2D eigenvalue weighted by Crippen LogP contribution is -2.46. The molecule has 0 unspecified atom stereocenters. The molecule has 214 valence electrons. The van der Waals surface area contributed by atoms with E-state index in [0.717, 1.165) is 53.7 Å². The molecule has 1 aliphatic carbocycles. The summed E-state index contributed by atoms with van der Waals surface area (Å²) < 4.78 is 62.5. The van der Waals surface area contributed by atoms with E-state index in [0.29, 0.717) is 6.42 Å². The van der Waals surface area contributed by atoms with Crippen molar-refractivity contribution in [3.8, 4) is 11.4 Å². The second kappa shape index (κ2) is 10.5. The quantitative estimate of drug-likeness (QED) is 0.329. The number of carbonyl (C=O) groups excluding carboxylic acids is 1. The topological polar surface area (TPSA) is 119 Å². The number of pyridine rings is 1. The number of hydrogen-bond acceptors (Lipinski definition) is 9. The summed E-state index contributed by atoms with van der Waals surface area (Å²) >= 11 is 0. The van der Waals surface area contributed by atoms with Crippen LogP contribution < -0.4 is 5.43 Å². The second-order valence-electron chi connectivity index (χ2n) is 10.5. The van der Waals surface area contributed by atoms with Crippen LogP contribution in [0.5, 0.6) is 0 Å². The summed E-state index contributed by atoms with van der Waals surface area (Å²) in [5.41, 5.74) is 4.00. The number of hydrazine groups is 1. The van der Waals surface area contributed by atoms with Gasteiger partial charge in [-0.15, -0.1) is 0 Å². The third-order valence-electron chi connectivity index (χ3n) is 7.94. The molecule has 4 aromatic rings. The number of nitrogens with zero attached hydrogens (tertiary/aromatic N) is 5. The summed E-state index contributed by atoms with van der Waals surface area (Å²) in [7, 11) is -2.81. The van der Waals surface area contributed by atoms with Gasteiger partial charge < -0.3 is 4.74 Å². The van der Waals surface area contributed by atoms with Gasteiger partial charge in [-0.25, -0.2) is 41.1 Å². The van der Waals surface area contributed by atoms with E-state index in [1.165, 1.54) is 25.4 Å². The molecule has 41 heavy (non-hydrogen) atoms. The zero-order chi connectivity index (χ0) is 28.9. The molecule has 1 aromatic carbocycles. The van der Waals surface area contributed by atoms with Gasteiger partial charge in [0.2, 0.25) is 0 Å². The summed E-state index contributed by atoms with van der Waals surface area (Å²) in [5.74, 6) is -1.86. The number of esters is 1. The van der Waals surface area contributed by atoms with Crippen LogP contribution in [0.3, 0.4) is 0 Å². The van der Waals surface area contributed by atoms with E-state index in [1.54, 1.807) is 17.1 Å². The van der Waals surface area contributed by atoms with Gasteiger partial charge in [0, 0.05) is 23.2 Å². The summed E-state index contributed by atoms with van der Waals surface area (Å²) in [4.78, 5) is 25.1. The molecule has 10 nitrogen and oxygen atoms in total. The number of anilines is 1. The Kier molecular flexibility index (Phi) is 6.94. The van der Waals surface area contributed by atoms with E-state index in [1.807, 2.05) is 6.92 Å².